The molecule has 1 aromatic rings. The molecule has 4 aliphatic rings. The van der Waals surface area contributed by atoms with Crippen LogP contribution in [0.4, 0.5) is 22.4 Å². The average Bonchev–Trinajstić information content (AvgIpc) is 3.03. The number of alkyl halides is 3. The highest BCUT2D eigenvalue weighted by atomic mass is 19.4. The number of allylic oxidation sites excluding steroid dienone is 4. The predicted octanol–water partition coefficient (Wildman–Crippen LogP) is 5.21. The van der Waals surface area contributed by atoms with Gasteiger partial charge in [0.15, 0.2) is 0 Å². The van der Waals surface area contributed by atoms with Crippen LogP contribution in [-0.4, -0.2) is 89.4 Å². The number of ether oxygens (including phenoxy) is 1. The second kappa shape index (κ2) is 14.9. The number of hydrogen-bond donors (Lipinski definition) is 2. The Morgan fingerprint density at radius 1 is 1.10 bits per heavy atom. The van der Waals surface area contributed by atoms with Crippen molar-refractivity contribution < 1.29 is 41.5 Å². The van der Waals surface area contributed by atoms with Gasteiger partial charge < -0.3 is 20.3 Å². The van der Waals surface area contributed by atoms with Crippen molar-refractivity contribution in [3.63, 3.8) is 0 Å². The SMILES string of the molecule is CCCCN1C(=O)CC2(CCN(C(=O)[C@H](NC(=O)c3cc(C(F)(F)F)ccc3F)C(C)C)CC2)N(C2=CC=C(OCC3CNC3)CC2)C1=O. The van der Waals surface area contributed by atoms with Crippen LogP contribution in [0.2, 0.25) is 0 Å². The van der Waals surface area contributed by atoms with E-state index in [1.165, 1.54) is 9.80 Å². The van der Waals surface area contributed by atoms with E-state index >= 15 is 0 Å². The lowest BCUT2D eigenvalue weighted by Crippen LogP contribution is -2.67. The van der Waals surface area contributed by atoms with Gasteiger partial charge in [0.2, 0.25) is 11.8 Å². The van der Waals surface area contributed by atoms with Gasteiger partial charge >= 0.3 is 12.2 Å². The minimum absolute atomic E-state index is 0.0999. The lowest BCUT2D eigenvalue weighted by atomic mass is 9.79. The summed E-state index contributed by atoms with van der Waals surface area (Å²) >= 11 is 0. The molecule has 0 saturated carbocycles. The summed E-state index contributed by atoms with van der Waals surface area (Å²) in [6.07, 6.45) is 2.36. The molecule has 0 unspecified atom stereocenters. The van der Waals surface area contributed by atoms with Crippen LogP contribution < -0.4 is 10.6 Å². The molecule has 0 aromatic heterocycles. The number of urea groups is 1. The van der Waals surface area contributed by atoms with Crippen molar-refractivity contribution in [3.05, 3.63) is 58.8 Å². The molecule has 1 aliphatic carbocycles. The fourth-order valence-electron chi connectivity index (χ4n) is 6.80. The molecule has 10 nitrogen and oxygen atoms in total. The molecule has 1 aromatic carbocycles. The molecule has 5 rings (SSSR count). The fourth-order valence-corrected chi connectivity index (χ4v) is 6.80. The van der Waals surface area contributed by atoms with Gasteiger partial charge in [-0.3, -0.25) is 24.2 Å². The van der Waals surface area contributed by atoms with Crippen LogP contribution in [0.25, 0.3) is 0 Å². The van der Waals surface area contributed by atoms with Crippen molar-refractivity contribution in [2.24, 2.45) is 11.8 Å². The lowest BCUT2D eigenvalue weighted by molar-refractivity contribution is -0.141. The number of carbonyl (C=O) groups is 4. The normalized spacial score (nSPS) is 20.6. The molecular formula is C35H45F4N5O5. The maximum Gasteiger partial charge on any atom is 0.416 e. The zero-order valence-electron chi connectivity index (χ0n) is 28.2. The Kier molecular flexibility index (Phi) is 11.0. The molecule has 3 saturated heterocycles. The molecule has 5 amide bonds. The van der Waals surface area contributed by atoms with E-state index in [0.717, 1.165) is 31.0 Å². The Balaban J connectivity index is 1.32. The maximum atomic E-state index is 14.5. The summed E-state index contributed by atoms with van der Waals surface area (Å²) in [5, 5.41) is 5.68. The fraction of sp³-hybridized carbons (Fsp3) is 0.600. The molecule has 268 valence electrons. The van der Waals surface area contributed by atoms with Crippen molar-refractivity contribution in [1.29, 1.82) is 0 Å². The molecule has 0 bridgehead atoms. The summed E-state index contributed by atoms with van der Waals surface area (Å²) in [6.45, 7) is 8.49. The highest BCUT2D eigenvalue weighted by Crippen LogP contribution is 2.42. The van der Waals surface area contributed by atoms with Gasteiger partial charge in [-0.15, -0.1) is 0 Å². The van der Waals surface area contributed by atoms with Gasteiger partial charge in [0, 0.05) is 50.8 Å². The van der Waals surface area contributed by atoms with Crippen molar-refractivity contribution in [1.82, 2.24) is 25.3 Å². The topological polar surface area (TPSA) is 111 Å². The number of unbranched alkanes of at least 4 members (excludes halogenated alkanes) is 1. The van der Waals surface area contributed by atoms with Crippen LogP contribution in [0.3, 0.4) is 0 Å². The summed E-state index contributed by atoms with van der Waals surface area (Å²) in [4.78, 5) is 58.9. The first-order valence-electron chi connectivity index (χ1n) is 17.1. The number of nitrogens with zero attached hydrogens (tertiary/aromatic N) is 3. The number of nitrogens with one attached hydrogen (secondary N) is 2. The Morgan fingerprint density at radius 2 is 1.82 bits per heavy atom. The first-order valence-corrected chi connectivity index (χ1v) is 17.1. The van der Waals surface area contributed by atoms with Crippen molar-refractivity contribution in [3.8, 4) is 0 Å². The molecule has 3 fully saturated rings. The molecule has 2 N–H and O–H groups in total. The third kappa shape index (κ3) is 7.94. The van der Waals surface area contributed by atoms with Gasteiger partial charge in [0.05, 0.1) is 35.5 Å². The lowest BCUT2D eigenvalue weighted by Gasteiger charge is -2.53. The molecule has 0 radical (unpaired) electrons. The number of benzene rings is 1. The van der Waals surface area contributed by atoms with Crippen molar-refractivity contribution in [2.45, 2.75) is 83.5 Å². The van der Waals surface area contributed by atoms with Crippen LogP contribution in [0.1, 0.15) is 81.6 Å². The Hall–Kier alpha value is -3.94. The zero-order valence-corrected chi connectivity index (χ0v) is 28.2. The summed E-state index contributed by atoms with van der Waals surface area (Å²) in [6, 6.07) is 0.0429. The van der Waals surface area contributed by atoms with E-state index in [1.807, 2.05) is 19.1 Å². The summed E-state index contributed by atoms with van der Waals surface area (Å²) in [5.74, 6) is -2.14. The van der Waals surface area contributed by atoms with E-state index in [0.29, 0.717) is 69.4 Å². The molecule has 1 spiro atoms. The Morgan fingerprint density at radius 3 is 2.39 bits per heavy atom. The van der Waals surface area contributed by atoms with Crippen molar-refractivity contribution in [2.75, 3.05) is 39.3 Å². The number of halogens is 4. The monoisotopic (exact) mass is 691 g/mol. The first-order chi connectivity index (χ1) is 23.2. The van der Waals surface area contributed by atoms with Gasteiger partial charge in [-0.1, -0.05) is 27.2 Å². The number of rotatable bonds is 11. The smallest absolute Gasteiger partial charge is 0.416 e. The molecule has 1 atom stereocenters. The van der Waals surface area contributed by atoms with Crippen LogP contribution in [0.5, 0.6) is 0 Å². The van der Waals surface area contributed by atoms with Gasteiger partial charge in [0.1, 0.15) is 11.9 Å². The number of carbonyl (C=O) groups excluding carboxylic acids is 4. The Bertz CT molecular complexity index is 1500. The zero-order chi connectivity index (χ0) is 35.5. The Labute approximate surface area is 283 Å². The highest BCUT2D eigenvalue weighted by molar-refractivity contribution is 5.99. The minimum Gasteiger partial charge on any atom is -0.498 e. The predicted molar refractivity (Wildman–Crippen MR) is 172 cm³/mol. The van der Waals surface area contributed by atoms with E-state index in [2.05, 4.69) is 10.6 Å². The van der Waals surface area contributed by atoms with Gasteiger partial charge in [-0.05, 0) is 62.0 Å². The number of hydrogen-bond acceptors (Lipinski definition) is 6. The standard InChI is InChI=1S/C35H45F4N5O5/c1-4-5-14-43-29(45)18-34(44(33(43)48)25-7-9-26(10-8-25)49-21-23-19-40-20-23)12-15-42(16-13-34)32(47)30(22(2)3)41-31(46)27-17-24(35(37,38)39)6-11-28(27)36/h6-7,9,11,17,22-23,30,40H,4-5,8,10,12-16,18-21H2,1-3H3,(H,41,46)/t30-/m1/s1. The highest BCUT2D eigenvalue weighted by Gasteiger charge is 2.52. The third-order valence-electron chi connectivity index (χ3n) is 9.92. The summed E-state index contributed by atoms with van der Waals surface area (Å²) < 4.78 is 60.3. The minimum atomic E-state index is -4.78. The average molecular weight is 692 g/mol. The molecule has 3 aliphatic heterocycles. The van der Waals surface area contributed by atoms with Gasteiger partial charge in [-0.2, -0.15) is 13.2 Å². The van der Waals surface area contributed by atoms with Crippen LogP contribution in [0.15, 0.2) is 41.8 Å². The second-order valence-electron chi connectivity index (χ2n) is 13.8. The van der Waals surface area contributed by atoms with Crippen LogP contribution >= 0.6 is 0 Å². The van der Waals surface area contributed by atoms with E-state index < -0.39 is 52.4 Å². The summed E-state index contributed by atoms with van der Waals surface area (Å²) in [7, 11) is 0. The number of likely N-dealkylation sites (tertiary alicyclic amines) is 1. The quantitative estimate of drug-likeness (QED) is 0.309. The number of imide groups is 1. The van der Waals surface area contributed by atoms with E-state index in [4.69, 9.17) is 4.74 Å². The number of piperidine rings is 1. The first kappa shape index (κ1) is 36.3. The third-order valence-corrected chi connectivity index (χ3v) is 9.92. The van der Waals surface area contributed by atoms with Crippen LogP contribution in [0, 0.1) is 17.7 Å². The van der Waals surface area contributed by atoms with E-state index in [9.17, 15) is 36.7 Å². The molecular weight excluding hydrogens is 646 g/mol. The van der Waals surface area contributed by atoms with Gasteiger partial charge in [0.25, 0.3) is 5.91 Å². The van der Waals surface area contributed by atoms with Crippen molar-refractivity contribution >= 4 is 23.8 Å². The van der Waals surface area contributed by atoms with Gasteiger partial charge in [-0.25, -0.2) is 9.18 Å². The molecule has 3 heterocycles. The molecule has 49 heavy (non-hydrogen) atoms. The maximum absolute atomic E-state index is 14.5. The molecule has 14 heteroatoms. The summed E-state index contributed by atoms with van der Waals surface area (Å²) in [5.41, 5.74) is -2.06. The largest absolute Gasteiger partial charge is 0.498 e. The van der Waals surface area contributed by atoms with Crippen LogP contribution in [-0.2, 0) is 20.5 Å². The van der Waals surface area contributed by atoms with E-state index in [-0.39, 0.29) is 31.4 Å². The number of amides is 5. The van der Waals surface area contributed by atoms with E-state index in [1.54, 1.807) is 18.7 Å². The second-order valence-corrected chi connectivity index (χ2v) is 13.8.